The molecule has 2 saturated heterocycles. The van der Waals surface area contributed by atoms with Gasteiger partial charge in [0.2, 0.25) is 0 Å². The van der Waals surface area contributed by atoms with Gasteiger partial charge < -0.3 is 19.4 Å². The van der Waals surface area contributed by atoms with Crippen molar-refractivity contribution in [3.05, 3.63) is 24.2 Å². The molecular formula is C17H27N3O2. The van der Waals surface area contributed by atoms with Gasteiger partial charge in [0.1, 0.15) is 5.76 Å². The van der Waals surface area contributed by atoms with Crippen molar-refractivity contribution in [1.29, 1.82) is 0 Å². The van der Waals surface area contributed by atoms with Crippen molar-refractivity contribution in [3.63, 3.8) is 0 Å². The van der Waals surface area contributed by atoms with Gasteiger partial charge in [0, 0.05) is 44.1 Å². The zero-order valence-electron chi connectivity index (χ0n) is 13.7. The normalized spacial score (nSPS) is 25.6. The molecule has 5 heteroatoms. The molecule has 1 aromatic rings. The predicted molar refractivity (Wildman–Crippen MR) is 87.0 cm³/mol. The summed E-state index contributed by atoms with van der Waals surface area (Å²) in [6, 6.07) is 4.32. The van der Waals surface area contributed by atoms with Crippen LogP contribution in [0.25, 0.3) is 0 Å². The Morgan fingerprint density at radius 1 is 1.45 bits per heavy atom. The maximum atomic E-state index is 5.62. The molecule has 2 aliphatic heterocycles. The van der Waals surface area contributed by atoms with Crippen molar-refractivity contribution in [3.8, 4) is 0 Å². The Labute approximate surface area is 132 Å². The maximum absolute atomic E-state index is 5.62. The minimum Gasteiger partial charge on any atom is -0.469 e. The van der Waals surface area contributed by atoms with Gasteiger partial charge in [-0.1, -0.05) is 0 Å². The molecule has 0 amide bonds. The second-order valence-electron chi connectivity index (χ2n) is 6.81. The molecule has 2 aliphatic rings. The molecule has 122 valence electrons. The molecule has 1 aromatic heterocycles. The third kappa shape index (κ3) is 3.64. The van der Waals surface area contributed by atoms with Crippen LogP contribution < -0.4 is 5.32 Å². The summed E-state index contributed by atoms with van der Waals surface area (Å²) in [5.74, 6) is 2.03. The van der Waals surface area contributed by atoms with E-state index in [0.29, 0.717) is 11.5 Å². The Morgan fingerprint density at radius 3 is 3.05 bits per heavy atom. The Balaban J connectivity index is 1.61. The molecule has 1 atom stereocenters. The lowest BCUT2D eigenvalue weighted by Gasteiger charge is -2.26. The van der Waals surface area contributed by atoms with Gasteiger partial charge in [0.15, 0.2) is 5.96 Å². The highest BCUT2D eigenvalue weighted by Crippen LogP contribution is 2.38. The second kappa shape index (κ2) is 6.73. The molecule has 3 rings (SSSR count). The zero-order valence-corrected chi connectivity index (χ0v) is 13.7. The first-order valence-electron chi connectivity index (χ1n) is 8.33. The van der Waals surface area contributed by atoms with E-state index in [0.717, 1.165) is 51.0 Å². The van der Waals surface area contributed by atoms with Gasteiger partial charge in [-0.25, -0.2) is 0 Å². The second-order valence-corrected chi connectivity index (χ2v) is 6.81. The minimum absolute atomic E-state index is 0.362. The van der Waals surface area contributed by atoms with Crippen molar-refractivity contribution >= 4 is 5.96 Å². The zero-order chi connectivity index (χ0) is 15.4. The predicted octanol–water partition coefficient (Wildman–Crippen LogP) is 2.29. The smallest absolute Gasteiger partial charge is 0.194 e. The van der Waals surface area contributed by atoms with Crippen LogP contribution in [-0.4, -0.2) is 49.7 Å². The average molecular weight is 305 g/mol. The number of likely N-dealkylation sites (tertiary alicyclic amines) is 1. The van der Waals surface area contributed by atoms with Gasteiger partial charge in [-0.3, -0.25) is 4.99 Å². The van der Waals surface area contributed by atoms with Crippen LogP contribution in [0.3, 0.4) is 0 Å². The summed E-state index contributed by atoms with van der Waals surface area (Å²) >= 11 is 0. The summed E-state index contributed by atoms with van der Waals surface area (Å²) in [7, 11) is 0. The van der Waals surface area contributed by atoms with E-state index in [1.54, 1.807) is 6.26 Å². The summed E-state index contributed by atoms with van der Waals surface area (Å²) in [5.41, 5.74) is 0.362. The van der Waals surface area contributed by atoms with Crippen molar-refractivity contribution in [2.75, 3.05) is 32.8 Å². The lowest BCUT2D eigenvalue weighted by atomic mass is 9.87. The summed E-state index contributed by atoms with van der Waals surface area (Å²) < 4.78 is 11.0. The van der Waals surface area contributed by atoms with Gasteiger partial charge in [0.05, 0.1) is 12.9 Å². The van der Waals surface area contributed by atoms with Gasteiger partial charge in [-0.2, -0.15) is 0 Å². The highest BCUT2D eigenvalue weighted by molar-refractivity contribution is 5.80. The third-order valence-electron chi connectivity index (χ3n) is 4.54. The largest absolute Gasteiger partial charge is 0.469 e. The summed E-state index contributed by atoms with van der Waals surface area (Å²) in [5, 5.41) is 3.51. The molecule has 3 heterocycles. The molecule has 5 nitrogen and oxygen atoms in total. The molecule has 0 aromatic carbocycles. The van der Waals surface area contributed by atoms with Crippen molar-refractivity contribution in [1.82, 2.24) is 10.2 Å². The summed E-state index contributed by atoms with van der Waals surface area (Å²) in [6.07, 6.45) is 4.96. The molecular weight excluding hydrogens is 278 g/mol. The number of nitrogens with one attached hydrogen (secondary N) is 1. The monoisotopic (exact) mass is 305 g/mol. The fourth-order valence-electron chi connectivity index (χ4n) is 3.31. The Bertz CT molecular complexity index is 490. The number of ether oxygens (including phenoxy) is 1. The van der Waals surface area contributed by atoms with E-state index in [9.17, 15) is 0 Å². The molecule has 22 heavy (non-hydrogen) atoms. The van der Waals surface area contributed by atoms with E-state index in [-0.39, 0.29) is 0 Å². The number of hydrogen-bond acceptors (Lipinski definition) is 3. The Morgan fingerprint density at radius 2 is 2.36 bits per heavy atom. The average Bonchev–Trinajstić information content (AvgIpc) is 3.22. The first kappa shape index (κ1) is 15.4. The van der Waals surface area contributed by atoms with Crippen LogP contribution in [0.5, 0.6) is 0 Å². The first-order chi connectivity index (χ1) is 10.7. The standard InChI is InChI=1S/C17H27N3O2/c1-14(2)19-16(18-8-5-15-4-3-10-22-15)20-9-6-17(12-20)7-11-21-13-17/h3-4,10,14H,5-9,11-13H2,1-2H3,(H,18,19). The number of furan rings is 1. The van der Waals surface area contributed by atoms with Crippen LogP contribution >= 0.6 is 0 Å². The highest BCUT2D eigenvalue weighted by atomic mass is 16.5. The highest BCUT2D eigenvalue weighted by Gasteiger charge is 2.42. The fourth-order valence-corrected chi connectivity index (χ4v) is 3.31. The lowest BCUT2D eigenvalue weighted by Crippen LogP contribution is -2.44. The molecule has 0 aliphatic carbocycles. The number of guanidine groups is 1. The topological polar surface area (TPSA) is 50.0 Å². The molecule has 1 spiro atoms. The van der Waals surface area contributed by atoms with Gasteiger partial charge in [-0.15, -0.1) is 0 Å². The van der Waals surface area contributed by atoms with Crippen molar-refractivity contribution in [2.45, 2.75) is 39.2 Å². The van der Waals surface area contributed by atoms with E-state index >= 15 is 0 Å². The summed E-state index contributed by atoms with van der Waals surface area (Å²) in [6.45, 7) is 9.03. The van der Waals surface area contributed by atoms with E-state index < -0.39 is 0 Å². The summed E-state index contributed by atoms with van der Waals surface area (Å²) in [4.78, 5) is 7.21. The molecule has 1 unspecified atom stereocenters. The van der Waals surface area contributed by atoms with E-state index in [1.165, 1.54) is 12.8 Å². The third-order valence-corrected chi connectivity index (χ3v) is 4.54. The van der Waals surface area contributed by atoms with E-state index in [1.807, 2.05) is 12.1 Å². The minimum atomic E-state index is 0.362. The van der Waals surface area contributed by atoms with Crippen LogP contribution in [0, 0.1) is 5.41 Å². The van der Waals surface area contributed by atoms with E-state index in [4.69, 9.17) is 14.1 Å². The van der Waals surface area contributed by atoms with Gasteiger partial charge in [-0.05, 0) is 38.8 Å². The molecule has 1 N–H and O–H groups in total. The number of aliphatic imine (C=N–C) groups is 1. The molecule has 2 fully saturated rings. The van der Waals surface area contributed by atoms with Crippen molar-refractivity contribution in [2.24, 2.45) is 10.4 Å². The van der Waals surface area contributed by atoms with Crippen LogP contribution in [0.1, 0.15) is 32.4 Å². The van der Waals surface area contributed by atoms with Crippen LogP contribution in [0.15, 0.2) is 27.8 Å². The quantitative estimate of drug-likeness (QED) is 0.685. The van der Waals surface area contributed by atoms with Crippen LogP contribution in [-0.2, 0) is 11.2 Å². The van der Waals surface area contributed by atoms with E-state index in [2.05, 4.69) is 24.1 Å². The molecule has 0 saturated carbocycles. The lowest BCUT2D eigenvalue weighted by molar-refractivity contribution is 0.156. The van der Waals surface area contributed by atoms with Gasteiger partial charge in [0.25, 0.3) is 0 Å². The SMILES string of the molecule is CC(C)NC(=NCCc1ccco1)N1CCC2(CCOC2)C1. The van der Waals surface area contributed by atoms with Crippen LogP contribution in [0.2, 0.25) is 0 Å². The maximum Gasteiger partial charge on any atom is 0.194 e. The van der Waals surface area contributed by atoms with Gasteiger partial charge >= 0.3 is 0 Å². The fraction of sp³-hybridized carbons (Fsp3) is 0.706. The number of hydrogen-bond donors (Lipinski definition) is 1. The van der Waals surface area contributed by atoms with Crippen molar-refractivity contribution < 1.29 is 9.15 Å². The first-order valence-corrected chi connectivity index (χ1v) is 8.33. The Hall–Kier alpha value is -1.49. The Kier molecular flexibility index (Phi) is 4.71. The number of rotatable bonds is 4. The molecule has 0 bridgehead atoms. The molecule has 0 radical (unpaired) electrons. The number of nitrogens with zero attached hydrogens (tertiary/aromatic N) is 2. The van der Waals surface area contributed by atoms with Crippen LogP contribution in [0.4, 0.5) is 0 Å².